The number of nitrogens with zero attached hydrogens (tertiary/aromatic N) is 1. The Balaban J connectivity index is 1.60. The molecule has 1 fully saturated rings. The molecule has 0 bridgehead atoms. The van der Waals surface area contributed by atoms with Gasteiger partial charge in [-0.3, -0.25) is 13.9 Å². The number of sulfonamides is 1. The summed E-state index contributed by atoms with van der Waals surface area (Å²) in [6.45, 7) is 2.76. The molecule has 0 saturated carbocycles. The highest BCUT2D eigenvalue weighted by Crippen LogP contribution is 2.32. The zero-order valence-electron chi connectivity index (χ0n) is 16.6. The van der Waals surface area contributed by atoms with Gasteiger partial charge < -0.3 is 15.2 Å². The Morgan fingerprint density at radius 2 is 1.87 bits per heavy atom. The summed E-state index contributed by atoms with van der Waals surface area (Å²) in [4.78, 5) is 24.6. The third kappa shape index (κ3) is 5.10. The van der Waals surface area contributed by atoms with Crippen LogP contribution in [0.15, 0.2) is 42.5 Å². The molecule has 1 aliphatic rings. The lowest BCUT2D eigenvalue weighted by atomic mass is 10.1. The van der Waals surface area contributed by atoms with Gasteiger partial charge in [-0.2, -0.15) is 0 Å². The van der Waals surface area contributed by atoms with Gasteiger partial charge in [0.15, 0.2) is 5.78 Å². The summed E-state index contributed by atoms with van der Waals surface area (Å²) >= 11 is 0. The van der Waals surface area contributed by atoms with E-state index in [1.54, 1.807) is 24.3 Å². The highest BCUT2D eigenvalue weighted by molar-refractivity contribution is 7.93. The Bertz CT molecular complexity index is 1030. The van der Waals surface area contributed by atoms with Gasteiger partial charge in [-0.15, -0.1) is 0 Å². The van der Waals surface area contributed by atoms with Gasteiger partial charge >= 0.3 is 0 Å². The van der Waals surface area contributed by atoms with E-state index in [0.29, 0.717) is 36.6 Å². The van der Waals surface area contributed by atoms with E-state index in [9.17, 15) is 23.1 Å². The molecule has 2 aromatic rings. The van der Waals surface area contributed by atoms with Crippen molar-refractivity contribution in [2.75, 3.05) is 28.5 Å². The average molecular weight is 432 g/mol. The first-order chi connectivity index (χ1) is 14.3. The zero-order chi connectivity index (χ0) is 21.7. The van der Waals surface area contributed by atoms with Crippen LogP contribution in [0, 0.1) is 0 Å². The monoisotopic (exact) mass is 432 g/mol. The third-order valence-corrected chi connectivity index (χ3v) is 6.58. The van der Waals surface area contributed by atoms with Crippen molar-refractivity contribution in [1.29, 1.82) is 0 Å². The van der Waals surface area contributed by atoms with Crippen LogP contribution in [0.4, 0.5) is 11.4 Å². The molecule has 0 atom stereocenters. The van der Waals surface area contributed by atoms with Crippen molar-refractivity contribution in [2.45, 2.75) is 26.2 Å². The Kier molecular flexibility index (Phi) is 6.61. The number of benzene rings is 2. The fourth-order valence-corrected chi connectivity index (χ4v) is 4.75. The number of rotatable bonds is 8. The smallest absolute Gasteiger partial charge is 0.235 e. The van der Waals surface area contributed by atoms with E-state index in [-0.39, 0.29) is 35.8 Å². The number of anilines is 2. The minimum atomic E-state index is -3.37. The van der Waals surface area contributed by atoms with Crippen LogP contribution >= 0.6 is 0 Å². The topological polar surface area (TPSA) is 113 Å². The maximum absolute atomic E-state index is 12.3. The second-order valence-corrected chi connectivity index (χ2v) is 8.88. The molecule has 1 heterocycles. The molecule has 0 unspecified atom stereocenters. The van der Waals surface area contributed by atoms with Gasteiger partial charge in [-0.05, 0) is 55.8 Å². The summed E-state index contributed by atoms with van der Waals surface area (Å²) in [5.74, 6) is -0.0764. The van der Waals surface area contributed by atoms with Gasteiger partial charge in [0, 0.05) is 24.9 Å². The molecule has 30 heavy (non-hydrogen) atoms. The standard InChI is InChI=1S/C21H24N2O6S/c1-2-29-17-7-4-15(5-8-17)19(24)10-11-21(26)22-18-14-16(6-9-20(18)25)23-12-3-13-30(23,27)28/h4-9,14,25H,2-3,10-13H2,1H3,(H,22,26). The number of nitrogens with one attached hydrogen (secondary N) is 1. The number of phenols is 1. The van der Waals surface area contributed by atoms with Crippen molar-refractivity contribution >= 4 is 33.1 Å². The summed E-state index contributed by atoms with van der Waals surface area (Å²) in [6.07, 6.45) is 0.455. The first-order valence-corrected chi connectivity index (χ1v) is 11.3. The van der Waals surface area contributed by atoms with Crippen molar-refractivity contribution in [3.05, 3.63) is 48.0 Å². The Labute approximate surface area is 175 Å². The number of phenolic OH excluding ortho intramolecular Hbond substituents is 1. The summed E-state index contributed by atoms with van der Waals surface area (Å²) in [5.41, 5.74) is 0.967. The lowest BCUT2D eigenvalue weighted by Gasteiger charge is -2.18. The summed E-state index contributed by atoms with van der Waals surface area (Å²) in [5, 5.41) is 12.6. The Morgan fingerprint density at radius 1 is 1.13 bits per heavy atom. The van der Waals surface area contributed by atoms with E-state index in [0.717, 1.165) is 0 Å². The van der Waals surface area contributed by atoms with Crippen molar-refractivity contribution in [3.8, 4) is 11.5 Å². The summed E-state index contributed by atoms with van der Waals surface area (Å²) in [6, 6.07) is 10.9. The van der Waals surface area contributed by atoms with Crippen molar-refractivity contribution in [1.82, 2.24) is 0 Å². The third-order valence-electron chi connectivity index (χ3n) is 4.71. The lowest BCUT2D eigenvalue weighted by Crippen LogP contribution is -2.25. The molecule has 1 amide bonds. The Morgan fingerprint density at radius 3 is 2.50 bits per heavy atom. The fraction of sp³-hybridized carbons (Fsp3) is 0.333. The van der Waals surface area contributed by atoms with Crippen LogP contribution in [0.2, 0.25) is 0 Å². The maximum atomic E-state index is 12.3. The molecule has 0 aliphatic carbocycles. The van der Waals surface area contributed by atoms with Gasteiger partial charge in [-0.25, -0.2) is 8.42 Å². The van der Waals surface area contributed by atoms with Crippen LogP contribution < -0.4 is 14.4 Å². The van der Waals surface area contributed by atoms with E-state index in [4.69, 9.17) is 4.74 Å². The summed E-state index contributed by atoms with van der Waals surface area (Å²) < 4.78 is 30.8. The van der Waals surface area contributed by atoms with Crippen LogP contribution in [-0.4, -0.2) is 44.1 Å². The largest absolute Gasteiger partial charge is 0.506 e. The number of aromatic hydroxyl groups is 1. The molecule has 0 spiro atoms. The average Bonchev–Trinajstić information content (AvgIpc) is 3.07. The van der Waals surface area contributed by atoms with E-state index < -0.39 is 15.9 Å². The maximum Gasteiger partial charge on any atom is 0.235 e. The lowest BCUT2D eigenvalue weighted by molar-refractivity contribution is -0.116. The number of ketones is 1. The number of amides is 1. The molecule has 3 rings (SSSR count). The van der Waals surface area contributed by atoms with Gasteiger partial charge in [0.2, 0.25) is 15.9 Å². The highest BCUT2D eigenvalue weighted by atomic mass is 32.2. The van der Waals surface area contributed by atoms with Crippen LogP contribution in [0.1, 0.15) is 36.5 Å². The number of Topliss-reactive ketones (excluding diaryl/α,β-unsaturated/α-hetero) is 1. The van der Waals surface area contributed by atoms with Crippen molar-refractivity contribution in [3.63, 3.8) is 0 Å². The fourth-order valence-electron chi connectivity index (χ4n) is 3.20. The number of carbonyl (C=O) groups is 2. The highest BCUT2D eigenvalue weighted by Gasteiger charge is 2.29. The molecular formula is C21H24N2O6S. The van der Waals surface area contributed by atoms with E-state index in [1.807, 2.05) is 6.92 Å². The second-order valence-electron chi connectivity index (χ2n) is 6.87. The van der Waals surface area contributed by atoms with Gasteiger partial charge in [0.1, 0.15) is 11.5 Å². The molecule has 1 saturated heterocycles. The molecule has 2 N–H and O–H groups in total. The van der Waals surface area contributed by atoms with Crippen molar-refractivity contribution < 1.29 is 27.9 Å². The molecule has 2 aromatic carbocycles. The van der Waals surface area contributed by atoms with E-state index in [1.165, 1.54) is 22.5 Å². The predicted molar refractivity (Wildman–Crippen MR) is 114 cm³/mol. The van der Waals surface area contributed by atoms with Gasteiger partial charge in [0.25, 0.3) is 0 Å². The first kappa shape index (κ1) is 21.6. The first-order valence-electron chi connectivity index (χ1n) is 9.69. The van der Waals surface area contributed by atoms with E-state index in [2.05, 4.69) is 5.32 Å². The number of hydrogen-bond donors (Lipinski definition) is 2. The number of ether oxygens (including phenoxy) is 1. The van der Waals surface area contributed by atoms with Crippen molar-refractivity contribution in [2.24, 2.45) is 0 Å². The molecule has 9 heteroatoms. The number of hydrogen-bond acceptors (Lipinski definition) is 6. The Hall–Kier alpha value is -3.07. The van der Waals surface area contributed by atoms with Crippen LogP contribution in [0.5, 0.6) is 11.5 Å². The minimum absolute atomic E-state index is 0.000766. The second kappa shape index (κ2) is 9.17. The molecular weight excluding hydrogens is 408 g/mol. The van der Waals surface area contributed by atoms with E-state index >= 15 is 0 Å². The summed E-state index contributed by atoms with van der Waals surface area (Å²) in [7, 11) is -3.37. The van der Waals surface area contributed by atoms with Gasteiger partial charge in [-0.1, -0.05) is 0 Å². The normalized spacial score (nSPS) is 15.0. The zero-order valence-corrected chi connectivity index (χ0v) is 17.4. The van der Waals surface area contributed by atoms with Crippen LogP contribution in [0.3, 0.4) is 0 Å². The molecule has 8 nitrogen and oxygen atoms in total. The van der Waals surface area contributed by atoms with Crippen LogP contribution in [0.25, 0.3) is 0 Å². The minimum Gasteiger partial charge on any atom is -0.506 e. The molecule has 0 radical (unpaired) electrons. The molecule has 160 valence electrons. The quantitative estimate of drug-likeness (QED) is 0.490. The molecule has 0 aromatic heterocycles. The predicted octanol–water partition coefficient (Wildman–Crippen LogP) is 2.93. The van der Waals surface area contributed by atoms with Crippen LogP contribution in [-0.2, 0) is 14.8 Å². The number of carbonyl (C=O) groups excluding carboxylic acids is 2. The van der Waals surface area contributed by atoms with Gasteiger partial charge in [0.05, 0.1) is 23.7 Å². The molecule has 1 aliphatic heterocycles. The SMILES string of the molecule is CCOc1ccc(C(=O)CCC(=O)Nc2cc(N3CCCS3(=O)=O)ccc2O)cc1.